The van der Waals surface area contributed by atoms with Gasteiger partial charge in [0.15, 0.2) is 11.4 Å². The molecule has 0 spiro atoms. The lowest BCUT2D eigenvalue weighted by molar-refractivity contribution is 0.00578. The fourth-order valence-corrected chi connectivity index (χ4v) is 3.40. The summed E-state index contributed by atoms with van der Waals surface area (Å²) < 4.78 is 24.0. The molecule has 7 heteroatoms. The Balaban J connectivity index is 1.82. The van der Waals surface area contributed by atoms with Gasteiger partial charge in [-0.2, -0.15) is 0 Å². The molecule has 0 atom stereocenters. The maximum Gasteiger partial charge on any atom is 0.458 e. The number of carbonyl (C=O) groups is 1. The normalized spacial score (nSPS) is 17.3. The first-order valence-electron chi connectivity index (χ1n) is 11.1. The Kier molecular flexibility index (Phi) is 7.01. The van der Waals surface area contributed by atoms with E-state index in [1.807, 2.05) is 84.9 Å². The predicted molar refractivity (Wildman–Crippen MR) is 125 cm³/mol. The van der Waals surface area contributed by atoms with Gasteiger partial charge in [0.2, 0.25) is 0 Å². The second-order valence-corrected chi connectivity index (χ2v) is 10.1. The molecular formula is C25H34BNO5. The average molecular weight is 439 g/mol. The summed E-state index contributed by atoms with van der Waals surface area (Å²) in [6, 6.07) is 11.7. The molecule has 3 rings (SSSR count). The van der Waals surface area contributed by atoms with Crippen molar-refractivity contribution >= 4 is 13.1 Å². The monoisotopic (exact) mass is 439 g/mol. The van der Waals surface area contributed by atoms with Crippen LogP contribution in [0.1, 0.15) is 70.1 Å². The summed E-state index contributed by atoms with van der Waals surface area (Å²) >= 11 is 0. The molecule has 6 nitrogen and oxygen atoms in total. The molecular weight excluding hydrogens is 405 g/mol. The molecule has 1 saturated heterocycles. The molecule has 0 amide bonds. The number of benzene rings is 1. The quantitative estimate of drug-likeness (QED) is 0.434. The molecule has 1 fully saturated rings. The maximum absolute atomic E-state index is 12.9. The van der Waals surface area contributed by atoms with Crippen molar-refractivity contribution in [3.8, 4) is 5.75 Å². The molecule has 1 aromatic heterocycles. The van der Waals surface area contributed by atoms with Crippen LogP contribution in [0.25, 0.3) is 0 Å². The highest BCUT2D eigenvalue weighted by Gasteiger charge is 2.50. The standard InChI is InChI=1S/C25H34BNO5/c1-23(2,3)30-22(28)20-21(29-17-18-11-9-8-10-12-18)19(14-16-27-20)13-15-26-31-24(4,5)25(6,7)32-26/h8-12,14,16H,13,15,17H2,1-7H3. The van der Waals surface area contributed by atoms with Gasteiger partial charge in [0.1, 0.15) is 12.2 Å². The molecule has 1 aliphatic heterocycles. The number of pyridine rings is 1. The topological polar surface area (TPSA) is 66.9 Å². The summed E-state index contributed by atoms with van der Waals surface area (Å²) in [6.07, 6.45) is 2.86. The number of nitrogens with zero attached hydrogens (tertiary/aromatic N) is 1. The van der Waals surface area contributed by atoms with Gasteiger partial charge in [0, 0.05) is 6.20 Å². The van der Waals surface area contributed by atoms with Crippen LogP contribution in [-0.4, -0.2) is 34.9 Å². The van der Waals surface area contributed by atoms with Crippen LogP contribution in [0.3, 0.4) is 0 Å². The summed E-state index contributed by atoms with van der Waals surface area (Å²) in [5, 5.41) is 0. The van der Waals surface area contributed by atoms with Crippen LogP contribution in [0.5, 0.6) is 5.75 Å². The smallest absolute Gasteiger partial charge is 0.458 e. The van der Waals surface area contributed by atoms with Gasteiger partial charge in [-0.1, -0.05) is 30.3 Å². The van der Waals surface area contributed by atoms with Crippen LogP contribution in [0, 0.1) is 0 Å². The van der Waals surface area contributed by atoms with Crippen molar-refractivity contribution in [2.45, 2.75) is 84.6 Å². The number of rotatable bonds is 7. The molecule has 0 unspecified atom stereocenters. The lowest BCUT2D eigenvalue weighted by atomic mass is 9.81. The Hall–Kier alpha value is -2.38. The number of carbonyl (C=O) groups excluding carboxylic acids is 1. The molecule has 32 heavy (non-hydrogen) atoms. The summed E-state index contributed by atoms with van der Waals surface area (Å²) in [7, 11) is -0.333. The molecule has 1 aliphatic rings. The second-order valence-electron chi connectivity index (χ2n) is 10.1. The van der Waals surface area contributed by atoms with E-state index in [9.17, 15) is 4.79 Å². The molecule has 0 N–H and O–H groups in total. The fraction of sp³-hybridized carbons (Fsp3) is 0.520. The van der Waals surface area contributed by atoms with Crippen molar-refractivity contribution in [2.75, 3.05) is 0 Å². The van der Waals surface area contributed by atoms with Crippen molar-refractivity contribution < 1.29 is 23.6 Å². The summed E-state index contributed by atoms with van der Waals surface area (Å²) in [6.45, 7) is 14.0. The Bertz CT molecular complexity index is 921. The minimum Gasteiger partial charge on any atom is -0.486 e. The number of hydrogen-bond donors (Lipinski definition) is 0. The number of hydrogen-bond acceptors (Lipinski definition) is 6. The molecule has 0 bridgehead atoms. The Labute approximate surface area is 191 Å². The first-order chi connectivity index (χ1) is 14.9. The van der Waals surface area contributed by atoms with Gasteiger partial charge in [0.05, 0.1) is 11.2 Å². The van der Waals surface area contributed by atoms with E-state index in [0.717, 1.165) is 11.1 Å². The minimum absolute atomic E-state index is 0.183. The van der Waals surface area contributed by atoms with Crippen molar-refractivity contribution in [3.63, 3.8) is 0 Å². The van der Waals surface area contributed by atoms with E-state index in [4.69, 9.17) is 18.8 Å². The summed E-state index contributed by atoms with van der Waals surface area (Å²) in [4.78, 5) is 17.2. The second kappa shape index (κ2) is 9.24. The van der Waals surface area contributed by atoms with Crippen LogP contribution in [0.2, 0.25) is 6.32 Å². The molecule has 1 aromatic carbocycles. The van der Waals surface area contributed by atoms with E-state index >= 15 is 0 Å². The van der Waals surface area contributed by atoms with E-state index in [-0.39, 0.29) is 24.0 Å². The van der Waals surface area contributed by atoms with Crippen LogP contribution < -0.4 is 4.74 Å². The molecule has 2 heterocycles. The zero-order valence-electron chi connectivity index (χ0n) is 20.2. The Morgan fingerprint density at radius 1 is 1.03 bits per heavy atom. The van der Waals surface area contributed by atoms with Gasteiger partial charge in [-0.3, -0.25) is 0 Å². The Morgan fingerprint density at radius 3 is 2.25 bits per heavy atom. The van der Waals surface area contributed by atoms with Crippen LogP contribution in [0.15, 0.2) is 42.6 Å². The first-order valence-corrected chi connectivity index (χ1v) is 11.1. The van der Waals surface area contributed by atoms with Crippen LogP contribution in [-0.2, 0) is 27.1 Å². The maximum atomic E-state index is 12.9. The molecule has 0 aliphatic carbocycles. The largest absolute Gasteiger partial charge is 0.486 e. The van der Waals surface area contributed by atoms with Crippen molar-refractivity contribution in [1.82, 2.24) is 4.98 Å². The van der Waals surface area contributed by atoms with E-state index in [1.54, 1.807) is 6.20 Å². The van der Waals surface area contributed by atoms with Gasteiger partial charge in [0.25, 0.3) is 0 Å². The Morgan fingerprint density at radius 2 is 1.66 bits per heavy atom. The highest BCUT2D eigenvalue weighted by molar-refractivity contribution is 6.45. The highest BCUT2D eigenvalue weighted by Crippen LogP contribution is 2.38. The number of aromatic nitrogens is 1. The van der Waals surface area contributed by atoms with Gasteiger partial charge in [-0.25, -0.2) is 9.78 Å². The average Bonchev–Trinajstić information content (AvgIpc) is 2.90. The van der Waals surface area contributed by atoms with Crippen molar-refractivity contribution in [1.29, 1.82) is 0 Å². The third kappa shape index (κ3) is 5.90. The van der Waals surface area contributed by atoms with E-state index in [1.165, 1.54) is 0 Å². The zero-order valence-corrected chi connectivity index (χ0v) is 20.2. The number of esters is 1. The van der Waals surface area contributed by atoms with Gasteiger partial charge < -0.3 is 18.8 Å². The molecule has 2 aromatic rings. The first kappa shape index (κ1) is 24.3. The third-order valence-electron chi connectivity index (χ3n) is 5.76. The number of aryl methyl sites for hydroxylation is 1. The minimum atomic E-state index is -0.631. The molecule has 172 valence electrons. The molecule has 0 radical (unpaired) electrons. The SMILES string of the molecule is CC(C)(C)OC(=O)c1nccc(CCB2OC(C)(C)C(C)(C)O2)c1OCc1ccccc1. The predicted octanol–water partition coefficient (Wildman–Crippen LogP) is 5.25. The van der Waals surface area contributed by atoms with Gasteiger partial charge in [-0.15, -0.1) is 0 Å². The highest BCUT2D eigenvalue weighted by atomic mass is 16.7. The van der Waals surface area contributed by atoms with Gasteiger partial charge in [-0.05, 0) is 78.4 Å². The van der Waals surface area contributed by atoms with E-state index in [0.29, 0.717) is 25.1 Å². The van der Waals surface area contributed by atoms with Crippen molar-refractivity contribution in [3.05, 3.63) is 59.4 Å². The lowest BCUT2D eigenvalue weighted by Crippen LogP contribution is -2.41. The zero-order chi connectivity index (χ0) is 23.6. The van der Waals surface area contributed by atoms with Crippen molar-refractivity contribution in [2.24, 2.45) is 0 Å². The van der Waals surface area contributed by atoms with E-state index < -0.39 is 11.6 Å². The lowest BCUT2D eigenvalue weighted by Gasteiger charge is -2.32. The fourth-order valence-electron chi connectivity index (χ4n) is 3.40. The van der Waals surface area contributed by atoms with E-state index in [2.05, 4.69) is 4.98 Å². The third-order valence-corrected chi connectivity index (χ3v) is 5.76. The summed E-state index contributed by atoms with van der Waals surface area (Å²) in [5.41, 5.74) is 0.653. The molecule has 0 saturated carbocycles. The van der Waals surface area contributed by atoms with Gasteiger partial charge >= 0.3 is 13.1 Å². The number of ether oxygens (including phenoxy) is 2. The summed E-state index contributed by atoms with van der Waals surface area (Å²) in [5.74, 6) is -0.0554. The van der Waals surface area contributed by atoms with Crippen LogP contribution in [0.4, 0.5) is 0 Å². The van der Waals surface area contributed by atoms with Crippen LogP contribution >= 0.6 is 0 Å².